The van der Waals surface area contributed by atoms with Crippen LogP contribution in [0, 0.1) is 0 Å². The van der Waals surface area contributed by atoms with E-state index in [1.54, 1.807) is 4.90 Å². The summed E-state index contributed by atoms with van der Waals surface area (Å²) < 4.78 is 25.0. The number of likely N-dealkylation sites (N-methyl/N-ethyl adjacent to an activating group) is 1. The van der Waals surface area contributed by atoms with E-state index in [0.29, 0.717) is 19.6 Å². The van der Waals surface area contributed by atoms with Crippen LogP contribution in [0.25, 0.3) is 0 Å². The third kappa shape index (κ3) is 7.06. The second-order valence-electron chi connectivity index (χ2n) is 5.81. The number of likely N-dealkylation sites (tertiary alicyclic amines) is 1. The van der Waals surface area contributed by atoms with Gasteiger partial charge in [0.25, 0.3) is 0 Å². The smallest absolute Gasteiger partial charge is 0.237 e. The van der Waals surface area contributed by atoms with E-state index in [-0.39, 0.29) is 11.9 Å². The minimum absolute atomic E-state index is 0.0101. The maximum absolute atomic E-state index is 12.2. The van der Waals surface area contributed by atoms with Crippen LogP contribution in [0.1, 0.15) is 26.7 Å². The fourth-order valence-corrected chi connectivity index (χ4v) is 3.35. The van der Waals surface area contributed by atoms with E-state index in [0.717, 1.165) is 31.5 Å². The molecule has 7 heteroatoms. The maximum Gasteiger partial charge on any atom is 0.237 e. The monoisotopic (exact) mass is 317 g/mol. The Morgan fingerprint density at radius 1 is 1.38 bits per heavy atom. The van der Waals surface area contributed by atoms with Gasteiger partial charge in [0.05, 0.1) is 12.8 Å². The van der Waals surface area contributed by atoms with Crippen molar-refractivity contribution in [3.63, 3.8) is 0 Å². The molecule has 0 radical (unpaired) electrons. The third-order valence-electron chi connectivity index (χ3n) is 3.52. The van der Waals surface area contributed by atoms with Crippen LogP contribution < -0.4 is 4.72 Å². The Hall–Kier alpha value is -0.920. The first kappa shape index (κ1) is 18.1. The first-order chi connectivity index (χ1) is 9.71. The molecule has 0 unspecified atom stereocenters. The highest BCUT2D eigenvalue weighted by molar-refractivity contribution is 7.88. The minimum atomic E-state index is -3.15. The largest absolute Gasteiger partial charge is 0.338 e. The number of amides is 1. The van der Waals surface area contributed by atoms with E-state index >= 15 is 0 Å². The number of carbonyl (C=O) groups excluding carboxylic acids is 1. The molecule has 122 valence electrons. The molecule has 0 aromatic rings. The van der Waals surface area contributed by atoms with E-state index in [2.05, 4.69) is 16.2 Å². The number of carbonyl (C=O) groups is 1. The lowest BCUT2D eigenvalue weighted by Crippen LogP contribution is -2.48. The van der Waals surface area contributed by atoms with E-state index in [9.17, 15) is 13.2 Å². The molecule has 1 N–H and O–H groups in total. The van der Waals surface area contributed by atoms with Crippen LogP contribution in [-0.4, -0.2) is 69.1 Å². The Kier molecular flexibility index (Phi) is 6.83. The molecule has 1 aliphatic heterocycles. The van der Waals surface area contributed by atoms with Crippen molar-refractivity contribution in [3.05, 3.63) is 12.2 Å². The number of nitrogens with one attached hydrogen (secondary N) is 1. The second kappa shape index (κ2) is 7.91. The predicted molar refractivity (Wildman–Crippen MR) is 84.5 cm³/mol. The number of sulfonamides is 1. The van der Waals surface area contributed by atoms with Crippen LogP contribution in [-0.2, 0) is 14.8 Å². The molecule has 0 spiro atoms. The van der Waals surface area contributed by atoms with Gasteiger partial charge in [-0.2, -0.15) is 0 Å². The molecule has 21 heavy (non-hydrogen) atoms. The first-order valence-electron chi connectivity index (χ1n) is 7.33. The minimum Gasteiger partial charge on any atom is -0.338 e. The molecule has 1 heterocycles. The van der Waals surface area contributed by atoms with Crippen LogP contribution in [0.3, 0.4) is 0 Å². The zero-order valence-corrected chi connectivity index (χ0v) is 14.1. The highest BCUT2D eigenvalue weighted by atomic mass is 32.2. The Labute approximate surface area is 128 Å². The molecule has 1 saturated heterocycles. The molecule has 0 aromatic heterocycles. The number of hydrogen-bond donors (Lipinski definition) is 1. The van der Waals surface area contributed by atoms with Gasteiger partial charge in [0.2, 0.25) is 15.9 Å². The zero-order chi connectivity index (χ0) is 16.0. The van der Waals surface area contributed by atoms with Gasteiger partial charge in [-0.3, -0.25) is 9.69 Å². The van der Waals surface area contributed by atoms with Crippen molar-refractivity contribution in [3.8, 4) is 0 Å². The van der Waals surface area contributed by atoms with Gasteiger partial charge in [0.1, 0.15) is 0 Å². The maximum atomic E-state index is 12.2. The van der Waals surface area contributed by atoms with Crippen molar-refractivity contribution >= 4 is 15.9 Å². The lowest BCUT2D eigenvalue weighted by molar-refractivity contribution is -0.132. The van der Waals surface area contributed by atoms with Gasteiger partial charge in [-0.25, -0.2) is 13.1 Å². The summed E-state index contributed by atoms with van der Waals surface area (Å²) in [4.78, 5) is 16.1. The van der Waals surface area contributed by atoms with E-state index in [4.69, 9.17) is 0 Å². The molecule has 0 aliphatic carbocycles. The SMILES string of the molecule is C=C(C)CN(CC)C(=O)CN1CCC(NS(C)(=O)=O)CC1. The van der Waals surface area contributed by atoms with Crippen molar-refractivity contribution in [2.24, 2.45) is 0 Å². The topological polar surface area (TPSA) is 69.7 Å². The molecule has 0 saturated carbocycles. The molecule has 6 nitrogen and oxygen atoms in total. The lowest BCUT2D eigenvalue weighted by Gasteiger charge is -2.33. The van der Waals surface area contributed by atoms with E-state index in [1.807, 2.05) is 13.8 Å². The van der Waals surface area contributed by atoms with Crippen LogP contribution in [0.5, 0.6) is 0 Å². The van der Waals surface area contributed by atoms with Crippen LogP contribution in [0.2, 0.25) is 0 Å². The Balaban J connectivity index is 2.41. The molecule has 1 amide bonds. The van der Waals surface area contributed by atoms with Gasteiger partial charge in [0, 0.05) is 32.2 Å². The molecule has 0 atom stereocenters. The number of rotatable bonds is 7. The summed E-state index contributed by atoms with van der Waals surface area (Å²) in [6.07, 6.45) is 2.67. The van der Waals surface area contributed by atoms with Gasteiger partial charge < -0.3 is 4.90 Å². The van der Waals surface area contributed by atoms with Crippen LogP contribution in [0.15, 0.2) is 12.2 Å². The van der Waals surface area contributed by atoms with Crippen molar-refractivity contribution in [2.45, 2.75) is 32.7 Å². The average molecular weight is 317 g/mol. The van der Waals surface area contributed by atoms with Gasteiger partial charge in [-0.05, 0) is 26.7 Å². The lowest BCUT2D eigenvalue weighted by atomic mass is 10.1. The molecule has 0 aromatic carbocycles. The van der Waals surface area contributed by atoms with E-state index < -0.39 is 10.0 Å². The number of nitrogens with zero attached hydrogens (tertiary/aromatic N) is 2. The summed E-state index contributed by atoms with van der Waals surface area (Å²) >= 11 is 0. The zero-order valence-electron chi connectivity index (χ0n) is 13.3. The quantitative estimate of drug-likeness (QED) is 0.691. The van der Waals surface area contributed by atoms with Crippen molar-refractivity contribution in [2.75, 3.05) is 39.0 Å². The molecular weight excluding hydrogens is 290 g/mol. The van der Waals surface area contributed by atoms with Crippen LogP contribution in [0.4, 0.5) is 0 Å². The fourth-order valence-electron chi connectivity index (χ4n) is 2.51. The van der Waals surface area contributed by atoms with Gasteiger partial charge >= 0.3 is 0 Å². The van der Waals surface area contributed by atoms with Crippen molar-refractivity contribution in [1.29, 1.82) is 0 Å². The standard InChI is InChI=1S/C14H27N3O3S/c1-5-17(10-12(2)3)14(18)11-16-8-6-13(7-9-16)15-21(4,19)20/h13,15H,2,5-11H2,1,3-4H3. The summed E-state index contributed by atoms with van der Waals surface area (Å²) in [7, 11) is -3.15. The Morgan fingerprint density at radius 2 is 1.95 bits per heavy atom. The summed E-state index contributed by atoms with van der Waals surface area (Å²) in [5, 5.41) is 0. The van der Waals surface area contributed by atoms with Gasteiger partial charge in [-0.1, -0.05) is 12.2 Å². The summed E-state index contributed by atoms with van der Waals surface area (Å²) in [6.45, 7) is 10.9. The highest BCUT2D eigenvalue weighted by Gasteiger charge is 2.24. The van der Waals surface area contributed by atoms with Crippen LogP contribution >= 0.6 is 0 Å². The average Bonchev–Trinajstić information content (AvgIpc) is 2.36. The van der Waals surface area contributed by atoms with Crippen molar-refractivity contribution in [1.82, 2.24) is 14.5 Å². The molecule has 1 rings (SSSR count). The molecule has 1 fully saturated rings. The van der Waals surface area contributed by atoms with Gasteiger partial charge in [0.15, 0.2) is 0 Å². The summed E-state index contributed by atoms with van der Waals surface area (Å²) in [5.74, 6) is 0.107. The van der Waals surface area contributed by atoms with Crippen molar-refractivity contribution < 1.29 is 13.2 Å². The fraction of sp³-hybridized carbons (Fsp3) is 0.786. The summed E-state index contributed by atoms with van der Waals surface area (Å²) in [5.41, 5.74) is 0.973. The van der Waals surface area contributed by atoms with E-state index in [1.165, 1.54) is 6.26 Å². The normalized spacial score (nSPS) is 17.7. The molecule has 1 aliphatic rings. The molecule has 0 bridgehead atoms. The predicted octanol–water partition coefficient (Wildman–Crippen LogP) is 0.425. The molecular formula is C14H27N3O3S. The Bertz CT molecular complexity index is 468. The second-order valence-corrected chi connectivity index (χ2v) is 7.59. The first-order valence-corrected chi connectivity index (χ1v) is 9.22. The Morgan fingerprint density at radius 3 is 2.38 bits per heavy atom. The third-order valence-corrected chi connectivity index (χ3v) is 4.28. The highest BCUT2D eigenvalue weighted by Crippen LogP contribution is 2.11. The summed E-state index contributed by atoms with van der Waals surface area (Å²) in [6, 6.07) is -0.0101. The van der Waals surface area contributed by atoms with Gasteiger partial charge in [-0.15, -0.1) is 0 Å². The number of piperidine rings is 1. The number of hydrogen-bond acceptors (Lipinski definition) is 4.